The van der Waals surface area contributed by atoms with Crippen LogP contribution >= 0.6 is 0 Å². The summed E-state index contributed by atoms with van der Waals surface area (Å²) in [5, 5.41) is 2.90. The summed E-state index contributed by atoms with van der Waals surface area (Å²) in [5.41, 5.74) is 0. The molecule has 1 amide bonds. The van der Waals surface area contributed by atoms with Crippen LogP contribution in [0.4, 0.5) is 0 Å². The predicted molar refractivity (Wildman–Crippen MR) is 37.9 cm³/mol. The van der Waals surface area contributed by atoms with E-state index in [1.165, 1.54) is 6.42 Å². The monoisotopic (exact) mass is 153 g/mol. The van der Waals surface area contributed by atoms with E-state index in [0.717, 1.165) is 13.0 Å². The van der Waals surface area contributed by atoms with Crippen molar-refractivity contribution in [3.8, 4) is 0 Å². The molecule has 0 spiro atoms. The molecule has 3 saturated heterocycles. The Hall–Kier alpha value is -0.570. The Kier molecular flexibility index (Phi) is 0.969. The molecule has 0 aromatic carbocycles. The molecular formula is C8H11NO2. The van der Waals surface area contributed by atoms with Gasteiger partial charge in [0.05, 0.1) is 18.1 Å². The van der Waals surface area contributed by atoms with Crippen LogP contribution in [0.2, 0.25) is 0 Å². The number of hydrogen-bond donors (Lipinski definition) is 1. The second kappa shape index (κ2) is 1.78. The number of carbonyl (C=O) groups is 1. The third-order valence-corrected chi connectivity index (χ3v) is 3.24. The summed E-state index contributed by atoms with van der Waals surface area (Å²) in [4.78, 5) is 11.3. The van der Waals surface area contributed by atoms with Crippen LogP contribution in [0.3, 0.4) is 0 Å². The SMILES string of the molecule is O=C1NC[C@H]2[C@@H]1[C@H]1CC[C@H]2O1. The van der Waals surface area contributed by atoms with Gasteiger partial charge in [0.25, 0.3) is 0 Å². The van der Waals surface area contributed by atoms with Gasteiger partial charge in [0.1, 0.15) is 0 Å². The van der Waals surface area contributed by atoms with Crippen LogP contribution in [0.25, 0.3) is 0 Å². The van der Waals surface area contributed by atoms with Crippen molar-refractivity contribution in [1.29, 1.82) is 0 Å². The highest BCUT2D eigenvalue weighted by molar-refractivity contribution is 5.82. The molecule has 4 atom stereocenters. The lowest BCUT2D eigenvalue weighted by atomic mass is 9.81. The molecule has 1 N–H and O–H groups in total. The van der Waals surface area contributed by atoms with Crippen LogP contribution < -0.4 is 5.32 Å². The first-order chi connectivity index (χ1) is 5.36. The van der Waals surface area contributed by atoms with Gasteiger partial charge in [-0.15, -0.1) is 0 Å². The Morgan fingerprint density at radius 2 is 2.18 bits per heavy atom. The zero-order valence-corrected chi connectivity index (χ0v) is 6.25. The number of hydrogen-bond acceptors (Lipinski definition) is 2. The normalized spacial score (nSPS) is 52.9. The molecule has 3 heterocycles. The molecule has 3 nitrogen and oxygen atoms in total. The number of ether oxygens (including phenoxy) is 1. The maximum atomic E-state index is 11.3. The Morgan fingerprint density at radius 1 is 1.36 bits per heavy atom. The Balaban J connectivity index is 1.97. The summed E-state index contributed by atoms with van der Waals surface area (Å²) in [6.45, 7) is 0.852. The minimum atomic E-state index is 0.203. The lowest BCUT2D eigenvalue weighted by Gasteiger charge is -2.16. The van der Waals surface area contributed by atoms with Crippen LogP contribution in [0.15, 0.2) is 0 Å². The van der Waals surface area contributed by atoms with Gasteiger partial charge < -0.3 is 10.1 Å². The van der Waals surface area contributed by atoms with Gasteiger partial charge in [-0.2, -0.15) is 0 Å². The van der Waals surface area contributed by atoms with Gasteiger partial charge in [-0.1, -0.05) is 0 Å². The van der Waals surface area contributed by atoms with Crippen molar-refractivity contribution >= 4 is 5.91 Å². The van der Waals surface area contributed by atoms with Gasteiger partial charge in [0, 0.05) is 12.5 Å². The molecule has 3 rings (SSSR count). The maximum Gasteiger partial charge on any atom is 0.226 e. The highest BCUT2D eigenvalue weighted by Gasteiger charge is 2.54. The lowest BCUT2D eigenvalue weighted by molar-refractivity contribution is -0.124. The van der Waals surface area contributed by atoms with Crippen LogP contribution in [-0.4, -0.2) is 24.7 Å². The van der Waals surface area contributed by atoms with E-state index >= 15 is 0 Å². The Labute approximate surface area is 65.1 Å². The summed E-state index contributed by atoms with van der Waals surface area (Å²) >= 11 is 0. The third kappa shape index (κ3) is 0.601. The van der Waals surface area contributed by atoms with Gasteiger partial charge in [-0.05, 0) is 12.8 Å². The zero-order chi connectivity index (χ0) is 7.42. The second-order valence-corrected chi connectivity index (χ2v) is 3.73. The number of nitrogens with one attached hydrogen (secondary N) is 1. The van der Waals surface area contributed by atoms with Crippen molar-refractivity contribution in [2.75, 3.05) is 6.54 Å². The Morgan fingerprint density at radius 3 is 3.00 bits per heavy atom. The van der Waals surface area contributed by atoms with Crippen molar-refractivity contribution in [3.05, 3.63) is 0 Å². The zero-order valence-electron chi connectivity index (χ0n) is 6.25. The highest BCUT2D eigenvalue weighted by Crippen LogP contribution is 2.45. The van der Waals surface area contributed by atoms with Crippen LogP contribution in [0.1, 0.15) is 12.8 Å². The van der Waals surface area contributed by atoms with E-state index in [4.69, 9.17) is 4.74 Å². The minimum absolute atomic E-state index is 0.203. The van der Waals surface area contributed by atoms with E-state index in [1.807, 2.05) is 0 Å². The molecule has 0 aromatic rings. The van der Waals surface area contributed by atoms with Gasteiger partial charge >= 0.3 is 0 Å². The summed E-state index contributed by atoms with van der Waals surface area (Å²) in [6.07, 6.45) is 2.91. The summed E-state index contributed by atoms with van der Waals surface area (Å²) in [7, 11) is 0. The Bertz CT molecular complexity index is 216. The van der Waals surface area contributed by atoms with E-state index in [9.17, 15) is 4.79 Å². The average molecular weight is 153 g/mol. The largest absolute Gasteiger partial charge is 0.374 e. The van der Waals surface area contributed by atoms with Crippen molar-refractivity contribution in [2.45, 2.75) is 25.0 Å². The molecule has 3 fully saturated rings. The topological polar surface area (TPSA) is 38.3 Å². The fourth-order valence-corrected chi connectivity index (χ4v) is 2.73. The van der Waals surface area contributed by atoms with E-state index < -0.39 is 0 Å². The highest BCUT2D eigenvalue weighted by atomic mass is 16.5. The molecule has 3 heteroatoms. The molecule has 0 unspecified atom stereocenters. The number of fused-ring (bicyclic) bond motifs is 5. The summed E-state index contributed by atoms with van der Waals surface area (Å²) in [5.74, 6) is 0.928. The summed E-state index contributed by atoms with van der Waals surface area (Å²) in [6, 6.07) is 0. The quantitative estimate of drug-likeness (QED) is 0.528. The van der Waals surface area contributed by atoms with E-state index in [-0.39, 0.29) is 17.9 Å². The van der Waals surface area contributed by atoms with Crippen LogP contribution in [0.5, 0.6) is 0 Å². The molecule has 11 heavy (non-hydrogen) atoms. The van der Waals surface area contributed by atoms with Crippen molar-refractivity contribution in [3.63, 3.8) is 0 Å². The molecule has 0 saturated carbocycles. The van der Waals surface area contributed by atoms with Crippen LogP contribution in [-0.2, 0) is 9.53 Å². The molecule has 0 aliphatic carbocycles. The van der Waals surface area contributed by atoms with E-state index in [1.54, 1.807) is 0 Å². The van der Waals surface area contributed by atoms with Gasteiger partial charge in [-0.3, -0.25) is 4.79 Å². The first-order valence-electron chi connectivity index (χ1n) is 4.29. The molecule has 0 aromatic heterocycles. The fraction of sp³-hybridized carbons (Fsp3) is 0.875. The first-order valence-corrected chi connectivity index (χ1v) is 4.29. The molecule has 3 aliphatic rings. The number of rotatable bonds is 0. The molecule has 2 bridgehead atoms. The standard InChI is InChI=1S/C8H11NO2/c10-8-7-4(3-9-8)5-1-2-6(7)11-5/h4-7H,1-3H2,(H,9,10)/t4-,5-,6-,7-/m1/s1. The third-order valence-electron chi connectivity index (χ3n) is 3.24. The van der Waals surface area contributed by atoms with Gasteiger partial charge in [0.2, 0.25) is 5.91 Å². The average Bonchev–Trinajstić information content (AvgIpc) is 2.60. The fourth-order valence-electron chi connectivity index (χ4n) is 2.73. The molecule has 60 valence electrons. The minimum Gasteiger partial charge on any atom is -0.374 e. The number of amides is 1. The molecular weight excluding hydrogens is 142 g/mol. The maximum absolute atomic E-state index is 11.3. The van der Waals surface area contributed by atoms with E-state index in [0.29, 0.717) is 12.0 Å². The van der Waals surface area contributed by atoms with Crippen molar-refractivity contribution in [1.82, 2.24) is 5.32 Å². The smallest absolute Gasteiger partial charge is 0.226 e. The van der Waals surface area contributed by atoms with Gasteiger partial charge in [-0.25, -0.2) is 0 Å². The first kappa shape index (κ1) is 6.00. The molecule has 3 aliphatic heterocycles. The van der Waals surface area contributed by atoms with E-state index in [2.05, 4.69) is 5.32 Å². The number of carbonyl (C=O) groups excluding carboxylic acids is 1. The van der Waals surface area contributed by atoms with Crippen LogP contribution in [0, 0.1) is 11.8 Å². The van der Waals surface area contributed by atoms with Crippen molar-refractivity contribution < 1.29 is 9.53 Å². The lowest BCUT2D eigenvalue weighted by Crippen LogP contribution is -2.28. The van der Waals surface area contributed by atoms with Crippen molar-refractivity contribution in [2.24, 2.45) is 11.8 Å². The predicted octanol–water partition coefficient (Wildman–Crippen LogP) is -0.0902. The second-order valence-electron chi connectivity index (χ2n) is 3.73. The molecule has 0 radical (unpaired) electrons. The summed E-state index contributed by atoms with van der Waals surface area (Å²) < 4.78 is 5.65. The van der Waals surface area contributed by atoms with Gasteiger partial charge in [0.15, 0.2) is 0 Å².